The average molecular weight is 344 g/mol. The van der Waals surface area contributed by atoms with Crippen molar-refractivity contribution in [3.05, 3.63) is 41.8 Å². The number of amides is 1. The van der Waals surface area contributed by atoms with E-state index < -0.39 is 5.41 Å². The molecule has 0 spiro atoms. The Morgan fingerprint density at radius 2 is 1.96 bits per heavy atom. The van der Waals surface area contributed by atoms with E-state index in [1.54, 1.807) is 24.3 Å². The predicted octanol–water partition coefficient (Wildman–Crippen LogP) is 1.79. The van der Waals surface area contributed by atoms with Gasteiger partial charge in [-0.25, -0.2) is 9.40 Å². The highest BCUT2D eigenvalue weighted by Crippen LogP contribution is 2.48. The van der Waals surface area contributed by atoms with Gasteiger partial charge in [-0.15, -0.1) is 0 Å². The number of hydrazine groups is 1. The third-order valence-electron chi connectivity index (χ3n) is 5.09. The van der Waals surface area contributed by atoms with Crippen molar-refractivity contribution in [3.63, 3.8) is 0 Å². The van der Waals surface area contributed by atoms with Crippen LogP contribution >= 0.6 is 0 Å². The summed E-state index contributed by atoms with van der Waals surface area (Å²) < 4.78 is 19.2. The Bertz CT molecular complexity index is 779. The van der Waals surface area contributed by atoms with Gasteiger partial charge in [0, 0.05) is 32.2 Å². The zero-order valence-corrected chi connectivity index (χ0v) is 14.2. The molecule has 0 bridgehead atoms. The van der Waals surface area contributed by atoms with E-state index in [1.807, 2.05) is 5.01 Å². The number of hydrogen-bond acceptors (Lipinski definition) is 5. The summed E-state index contributed by atoms with van der Waals surface area (Å²) >= 11 is 0. The first-order chi connectivity index (χ1) is 12.1. The summed E-state index contributed by atoms with van der Waals surface area (Å²) in [4.78, 5) is 15.0. The molecule has 6 nitrogen and oxygen atoms in total. The predicted molar refractivity (Wildman–Crippen MR) is 90.0 cm³/mol. The molecule has 1 N–H and O–H groups in total. The zero-order chi connectivity index (χ0) is 17.4. The van der Waals surface area contributed by atoms with Gasteiger partial charge in [0.2, 0.25) is 5.91 Å². The largest absolute Gasteiger partial charge is 0.356 e. The molecule has 4 rings (SSSR count). The minimum atomic E-state index is -0.643. The number of halogens is 1. The first kappa shape index (κ1) is 16.2. The maximum Gasteiger partial charge on any atom is 0.246 e. The molecule has 1 aliphatic carbocycles. The van der Waals surface area contributed by atoms with Gasteiger partial charge in [-0.3, -0.25) is 10.2 Å². The Labute approximate surface area is 145 Å². The number of piperazine rings is 1. The van der Waals surface area contributed by atoms with Gasteiger partial charge in [0.1, 0.15) is 5.82 Å². The molecule has 1 aromatic heterocycles. The van der Waals surface area contributed by atoms with E-state index in [0.717, 1.165) is 39.0 Å². The molecule has 2 aliphatic rings. The molecule has 0 unspecified atom stereocenters. The van der Waals surface area contributed by atoms with E-state index >= 15 is 0 Å². The fraction of sp³-hybridized carbons (Fsp3) is 0.444. The molecule has 7 heteroatoms. The Morgan fingerprint density at radius 3 is 2.64 bits per heavy atom. The Morgan fingerprint density at radius 1 is 1.24 bits per heavy atom. The normalized spacial score (nSPS) is 20.4. The van der Waals surface area contributed by atoms with Crippen LogP contribution in [0.25, 0.3) is 11.3 Å². The molecule has 0 atom stereocenters. The van der Waals surface area contributed by atoms with Gasteiger partial charge >= 0.3 is 0 Å². The number of hydrogen-bond donors (Lipinski definition) is 1. The van der Waals surface area contributed by atoms with Crippen molar-refractivity contribution in [1.29, 1.82) is 0 Å². The lowest BCUT2D eigenvalue weighted by Gasteiger charge is -2.33. The van der Waals surface area contributed by atoms with Crippen LogP contribution in [0.2, 0.25) is 0 Å². The molecule has 1 amide bonds. The van der Waals surface area contributed by atoms with Gasteiger partial charge in [0.15, 0.2) is 5.76 Å². The standard InChI is InChI=1S/C18H21FN4O2/c1-22-8-10-23(11-9-22)20-17(24)18(6-7-18)16-12-15(25-21-16)13-4-2-3-5-14(13)19/h2-5,12H,6-11H2,1H3,(H,20,24). The fourth-order valence-corrected chi connectivity index (χ4v) is 3.18. The minimum Gasteiger partial charge on any atom is -0.356 e. The number of benzene rings is 1. The first-order valence-corrected chi connectivity index (χ1v) is 8.55. The highest BCUT2D eigenvalue weighted by Gasteiger charge is 2.54. The van der Waals surface area contributed by atoms with Crippen molar-refractivity contribution in [2.75, 3.05) is 33.2 Å². The summed E-state index contributed by atoms with van der Waals surface area (Å²) in [5.74, 6) is -0.0610. The van der Waals surface area contributed by atoms with E-state index in [-0.39, 0.29) is 11.7 Å². The third kappa shape index (κ3) is 3.05. The van der Waals surface area contributed by atoms with Crippen LogP contribution in [-0.4, -0.2) is 54.2 Å². The van der Waals surface area contributed by atoms with Crippen molar-refractivity contribution in [2.45, 2.75) is 18.3 Å². The monoisotopic (exact) mass is 344 g/mol. The van der Waals surface area contributed by atoms with Crippen molar-refractivity contribution in [1.82, 2.24) is 20.5 Å². The van der Waals surface area contributed by atoms with Crippen LogP contribution in [0.1, 0.15) is 18.5 Å². The van der Waals surface area contributed by atoms with Gasteiger partial charge in [0.05, 0.1) is 16.7 Å². The molecular weight excluding hydrogens is 323 g/mol. The van der Waals surface area contributed by atoms with Crippen LogP contribution in [0.5, 0.6) is 0 Å². The molecule has 132 valence electrons. The second-order valence-electron chi connectivity index (χ2n) is 6.87. The molecule has 0 radical (unpaired) electrons. The molecule has 2 aromatic rings. The number of aromatic nitrogens is 1. The molecule has 2 heterocycles. The first-order valence-electron chi connectivity index (χ1n) is 8.55. The second-order valence-corrected chi connectivity index (χ2v) is 6.87. The summed E-state index contributed by atoms with van der Waals surface area (Å²) in [6.07, 6.45) is 1.46. The number of carbonyl (C=O) groups excluding carboxylic acids is 1. The number of rotatable bonds is 4. The van der Waals surface area contributed by atoms with E-state index in [0.29, 0.717) is 17.0 Å². The Hall–Kier alpha value is -2.25. The van der Waals surface area contributed by atoms with E-state index in [4.69, 9.17) is 4.52 Å². The topological polar surface area (TPSA) is 61.6 Å². The summed E-state index contributed by atoms with van der Waals surface area (Å²) in [5, 5.41) is 6.02. The molecular formula is C18H21FN4O2. The number of carbonyl (C=O) groups is 1. The van der Waals surface area contributed by atoms with Gasteiger partial charge in [-0.05, 0) is 32.0 Å². The average Bonchev–Trinajstić information content (AvgIpc) is 3.28. The van der Waals surface area contributed by atoms with Crippen LogP contribution in [-0.2, 0) is 10.2 Å². The lowest BCUT2D eigenvalue weighted by atomic mass is 10.0. The molecule has 1 saturated carbocycles. The lowest BCUT2D eigenvalue weighted by Crippen LogP contribution is -2.54. The lowest BCUT2D eigenvalue weighted by molar-refractivity contribution is -0.129. The van der Waals surface area contributed by atoms with Gasteiger partial charge < -0.3 is 9.42 Å². The smallest absolute Gasteiger partial charge is 0.246 e. The maximum absolute atomic E-state index is 13.9. The van der Waals surface area contributed by atoms with Gasteiger partial charge in [-0.1, -0.05) is 17.3 Å². The number of nitrogens with zero attached hydrogens (tertiary/aromatic N) is 3. The highest BCUT2D eigenvalue weighted by molar-refractivity contribution is 5.90. The molecule has 25 heavy (non-hydrogen) atoms. The Balaban J connectivity index is 1.50. The van der Waals surface area contributed by atoms with Crippen molar-refractivity contribution >= 4 is 5.91 Å². The van der Waals surface area contributed by atoms with Crippen LogP contribution in [0.3, 0.4) is 0 Å². The zero-order valence-electron chi connectivity index (χ0n) is 14.2. The summed E-state index contributed by atoms with van der Waals surface area (Å²) in [6.45, 7) is 3.46. The van der Waals surface area contributed by atoms with E-state index in [9.17, 15) is 9.18 Å². The minimum absolute atomic E-state index is 0.0505. The quantitative estimate of drug-likeness (QED) is 0.916. The highest BCUT2D eigenvalue weighted by atomic mass is 19.1. The third-order valence-corrected chi connectivity index (χ3v) is 5.09. The van der Waals surface area contributed by atoms with Crippen molar-refractivity contribution in [3.8, 4) is 11.3 Å². The van der Waals surface area contributed by atoms with Gasteiger partial charge in [0.25, 0.3) is 0 Å². The maximum atomic E-state index is 13.9. The number of likely N-dealkylation sites (N-methyl/N-ethyl adjacent to an activating group) is 1. The second kappa shape index (κ2) is 6.24. The van der Waals surface area contributed by atoms with E-state index in [2.05, 4.69) is 22.5 Å². The molecule has 1 saturated heterocycles. The summed E-state index contributed by atoms with van der Waals surface area (Å²) in [6, 6.07) is 8.08. The SMILES string of the molecule is CN1CCN(NC(=O)C2(c3cc(-c4ccccc4F)on3)CC2)CC1. The summed E-state index contributed by atoms with van der Waals surface area (Å²) in [7, 11) is 2.07. The number of nitrogens with one attached hydrogen (secondary N) is 1. The molecule has 2 fully saturated rings. The van der Waals surface area contributed by atoms with Crippen LogP contribution in [0, 0.1) is 5.82 Å². The molecule has 1 aromatic carbocycles. The van der Waals surface area contributed by atoms with Gasteiger partial charge in [-0.2, -0.15) is 0 Å². The van der Waals surface area contributed by atoms with Crippen LogP contribution in [0.15, 0.2) is 34.9 Å². The summed E-state index contributed by atoms with van der Waals surface area (Å²) in [5.41, 5.74) is 3.31. The van der Waals surface area contributed by atoms with Crippen molar-refractivity contribution < 1.29 is 13.7 Å². The van der Waals surface area contributed by atoms with E-state index in [1.165, 1.54) is 6.07 Å². The van der Waals surface area contributed by atoms with Crippen molar-refractivity contribution in [2.24, 2.45) is 0 Å². The fourth-order valence-electron chi connectivity index (χ4n) is 3.18. The van der Waals surface area contributed by atoms with Crippen LogP contribution in [0.4, 0.5) is 4.39 Å². The van der Waals surface area contributed by atoms with Crippen LogP contribution < -0.4 is 5.43 Å². The Kier molecular flexibility index (Phi) is 4.05. The molecule has 1 aliphatic heterocycles.